The lowest BCUT2D eigenvalue weighted by Gasteiger charge is -2.06. The highest BCUT2D eigenvalue weighted by molar-refractivity contribution is 5.58. The lowest BCUT2D eigenvalue weighted by molar-refractivity contribution is -0.137. The van der Waals surface area contributed by atoms with Crippen LogP contribution in [0.2, 0.25) is 0 Å². The Labute approximate surface area is 76.7 Å². The van der Waals surface area contributed by atoms with Crippen LogP contribution in [0.25, 0.3) is 5.83 Å². The Hall–Kier alpha value is -1.39. The van der Waals surface area contributed by atoms with E-state index in [-0.39, 0.29) is 11.9 Å². The van der Waals surface area contributed by atoms with Crippen molar-refractivity contribution in [3.05, 3.63) is 41.7 Å². The van der Waals surface area contributed by atoms with Gasteiger partial charge in [-0.1, -0.05) is 12.1 Å². The predicted molar refractivity (Wildman–Crippen MR) is 41.6 cm³/mol. The van der Waals surface area contributed by atoms with Gasteiger partial charge in [-0.25, -0.2) is 8.78 Å². The number of halogens is 5. The smallest absolute Gasteiger partial charge is 0.212 e. The molecule has 0 N–H and O–H groups in total. The van der Waals surface area contributed by atoms with Gasteiger partial charge < -0.3 is 0 Å². The second kappa shape index (κ2) is 3.77. The monoisotopic (exact) mass is 208 g/mol. The Bertz CT molecular complexity index is 333. The summed E-state index contributed by atoms with van der Waals surface area (Å²) >= 11 is 0. The number of hydrogen-bond donors (Lipinski definition) is 0. The van der Waals surface area contributed by atoms with Gasteiger partial charge in [0.25, 0.3) is 0 Å². The van der Waals surface area contributed by atoms with Gasteiger partial charge in [-0.15, -0.1) is 0 Å². The molecule has 5 heteroatoms. The lowest BCUT2D eigenvalue weighted by Crippen LogP contribution is -2.04. The Kier molecular flexibility index (Phi) is 2.88. The van der Waals surface area contributed by atoms with E-state index in [2.05, 4.69) is 0 Å². The molecule has 76 valence electrons. The summed E-state index contributed by atoms with van der Waals surface area (Å²) in [5.41, 5.74) is -1.12. The van der Waals surface area contributed by atoms with Gasteiger partial charge in [0, 0.05) is 5.56 Å². The van der Waals surface area contributed by atoms with E-state index in [1.165, 1.54) is 0 Å². The molecular weight excluding hydrogens is 203 g/mol. The number of hydrogen-bond acceptors (Lipinski definition) is 0. The maximum atomic E-state index is 12.5. The molecule has 0 aromatic heterocycles. The van der Waals surface area contributed by atoms with Crippen molar-refractivity contribution >= 4 is 5.83 Å². The minimum absolute atomic E-state index is 0.222. The molecule has 0 bridgehead atoms. The first-order valence-corrected chi connectivity index (χ1v) is 3.58. The van der Waals surface area contributed by atoms with Gasteiger partial charge in [0.2, 0.25) is 0 Å². The number of rotatable bonds is 1. The highest BCUT2D eigenvalue weighted by Crippen LogP contribution is 2.30. The number of alkyl halides is 3. The molecule has 1 aromatic rings. The second-order valence-electron chi connectivity index (χ2n) is 2.53. The topological polar surface area (TPSA) is 0 Å². The molecule has 0 fully saturated rings. The van der Waals surface area contributed by atoms with Crippen LogP contribution in [0.5, 0.6) is 0 Å². The Morgan fingerprint density at radius 2 is 1.57 bits per heavy atom. The van der Waals surface area contributed by atoms with E-state index < -0.39 is 17.6 Å². The summed E-state index contributed by atoms with van der Waals surface area (Å²) in [6, 6.07) is 3.12. The quantitative estimate of drug-likeness (QED) is 0.613. The molecule has 0 saturated carbocycles. The van der Waals surface area contributed by atoms with Crippen LogP contribution < -0.4 is 0 Å². The van der Waals surface area contributed by atoms with Gasteiger partial charge in [-0.2, -0.15) is 13.2 Å². The van der Waals surface area contributed by atoms with Crippen molar-refractivity contribution in [2.45, 2.75) is 6.18 Å². The highest BCUT2D eigenvalue weighted by Gasteiger charge is 2.29. The van der Waals surface area contributed by atoms with E-state index in [1.807, 2.05) is 0 Å². The molecule has 0 aliphatic rings. The minimum Gasteiger partial charge on any atom is -0.212 e. The van der Waals surface area contributed by atoms with Crippen molar-refractivity contribution in [3.8, 4) is 0 Å². The third-order valence-corrected chi connectivity index (χ3v) is 1.58. The standard InChI is InChI=1S/C9H5F5/c10-5-8(11)6-1-3-7(4-2-6)9(12,13)14/h1-5H/b8-5-. The van der Waals surface area contributed by atoms with Crippen molar-refractivity contribution < 1.29 is 22.0 Å². The SMILES string of the molecule is F/C=C(\F)c1ccc(C(F)(F)F)cc1. The molecule has 0 heterocycles. The first-order valence-electron chi connectivity index (χ1n) is 3.58. The Morgan fingerprint density at radius 1 is 1.07 bits per heavy atom. The van der Waals surface area contributed by atoms with E-state index in [4.69, 9.17) is 0 Å². The lowest BCUT2D eigenvalue weighted by atomic mass is 10.1. The van der Waals surface area contributed by atoms with Crippen LogP contribution >= 0.6 is 0 Å². The summed E-state index contributed by atoms with van der Waals surface area (Å²) in [6.07, 6.45) is -4.77. The van der Waals surface area contributed by atoms with E-state index in [0.29, 0.717) is 12.1 Å². The van der Waals surface area contributed by atoms with Gasteiger partial charge in [0.15, 0.2) is 5.83 Å². The van der Waals surface area contributed by atoms with Crippen molar-refractivity contribution in [1.29, 1.82) is 0 Å². The third-order valence-electron chi connectivity index (χ3n) is 1.58. The van der Waals surface area contributed by atoms with E-state index >= 15 is 0 Å². The average molecular weight is 208 g/mol. The van der Waals surface area contributed by atoms with Gasteiger partial charge >= 0.3 is 6.18 Å². The van der Waals surface area contributed by atoms with Gasteiger partial charge in [-0.05, 0) is 12.1 Å². The largest absolute Gasteiger partial charge is 0.416 e. The maximum absolute atomic E-state index is 12.5. The summed E-state index contributed by atoms with van der Waals surface area (Å²) in [6.45, 7) is 0. The molecule has 1 aromatic carbocycles. The molecular formula is C9H5F5. The van der Waals surface area contributed by atoms with Crippen LogP contribution in [0, 0.1) is 0 Å². The van der Waals surface area contributed by atoms with E-state index in [1.54, 1.807) is 0 Å². The fourth-order valence-corrected chi connectivity index (χ4v) is 0.881. The molecule has 1 rings (SSSR count). The average Bonchev–Trinajstić information content (AvgIpc) is 2.15. The number of benzene rings is 1. The maximum Gasteiger partial charge on any atom is 0.416 e. The van der Waals surface area contributed by atoms with Gasteiger partial charge in [-0.3, -0.25) is 0 Å². The van der Waals surface area contributed by atoms with Gasteiger partial charge in [0.1, 0.15) is 6.33 Å². The first kappa shape index (κ1) is 10.7. The molecule has 14 heavy (non-hydrogen) atoms. The van der Waals surface area contributed by atoms with Crippen LogP contribution in [-0.4, -0.2) is 0 Å². The van der Waals surface area contributed by atoms with Gasteiger partial charge in [0.05, 0.1) is 5.56 Å². The van der Waals surface area contributed by atoms with Crippen molar-refractivity contribution in [2.75, 3.05) is 0 Å². The zero-order valence-corrected chi connectivity index (χ0v) is 6.78. The molecule has 0 aliphatic carbocycles. The molecule has 0 nitrogen and oxygen atoms in total. The Morgan fingerprint density at radius 3 is 1.93 bits per heavy atom. The molecule has 0 aliphatic heterocycles. The van der Waals surface area contributed by atoms with Crippen molar-refractivity contribution in [3.63, 3.8) is 0 Å². The first-order chi connectivity index (χ1) is 6.45. The summed E-state index contributed by atoms with van der Waals surface area (Å²) in [5, 5.41) is 0. The zero-order valence-electron chi connectivity index (χ0n) is 6.78. The molecule has 0 unspecified atom stereocenters. The minimum atomic E-state index is -4.46. The van der Waals surface area contributed by atoms with E-state index in [0.717, 1.165) is 12.1 Å². The zero-order chi connectivity index (χ0) is 10.8. The highest BCUT2D eigenvalue weighted by atomic mass is 19.4. The summed E-state index contributed by atoms with van der Waals surface area (Å²) in [7, 11) is 0. The third kappa shape index (κ3) is 2.31. The molecule has 0 saturated heterocycles. The second-order valence-corrected chi connectivity index (χ2v) is 2.53. The predicted octanol–water partition coefficient (Wildman–Crippen LogP) is 3.94. The molecule has 0 radical (unpaired) electrons. The van der Waals surface area contributed by atoms with Crippen LogP contribution in [0.1, 0.15) is 11.1 Å². The summed E-state index contributed by atoms with van der Waals surface area (Å²) in [5.74, 6) is -1.20. The van der Waals surface area contributed by atoms with Crippen LogP contribution in [-0.2, 0) is 6.18 Å². The molecule has 0 spiro atoms. The van der Waals surface area contributed by atoms with Crippen LogP contribution in [0.15, 0.2) is 30.6 Å². The van der Waals surface area contributed by atoms with Crippen LogP contribution in [0.3, 0.4) is 0 Å². The van der Waals surface area contributed by atoms with Crippen molar-refractivity contribution in [1.82, 2.24) is 0 Å². The van der Waals surface area contributed by atoms with Crippen LogP contribution in [0.4, 0.5) is 22.0 Å². The fraction of sp³-hybridized carbons (Fsp3) is 0.111. The normalized spacial score (nSPS) is 13.1. The fourth-order valence-electron chi connectivity index (χ4n) is 0.881. The summed E-state index contributed by atoms with van der Waals surface area (Å²) in [4.78, 5) is 0. The Balaban J connectivity index is 3.01. The van der Waals surface area contributed by atoms with Crippen molar-refractivity contribution in [2.24, 2.45) is 0 Å². The summed E-state index contributed by atoms with van der Waals surface area (Å²) < 4.78 is 60.2. The molecule has 0 amide bonds. The van der Waals surface area contributed by atoms with E-state index in [9.17, 15) is 22.0 Å². The molecule has 0 atom stereocenters.